The quantitative estimate of drug-likeness (QED) is 0.488. The van der Waals surface area contributed by atoms with Crippen molar-refractivity contribution >= 4 is 12.2 Å². The molecule has 0 fully saturated rings. The lowest BCUT2D eigenvalue weighted by molar-refractivity contribution is -0.0617. The SMILES string of the molecule is FC(F)(F)C1=[N+][C]=NN1. The van der Waals surface area contributed by atoms with Crippen molar-refractivity contribution in [2.45, 2.75) is 6.18 Å². The van der Waals surface area contributed by atoms with Crippen LogP contribution >= 0.6 is 0 Å². The van der Waals surface area contributed by atoms with Crippen LogP contribution in [0.15, 0.2) is 5.10 Å². The van der Waals surface area contributed by atoms with Gasteiger partial charge >= 0.3 is 18.4 Å². The van der Waals surface area contributed by atoms with E-state index in [0.717, 1.165) is 0 Å². The molecule has 1 N–H and O–H groups in total. The minimum Gasteiger partial charge on any atom is -0.161 e. The van der Waals surface area contributed by atoms with Gasteiger partial charge in [-0.15, -0.1) is 5.43 Å². The average molecular weight is 136 g/mol. The first-order valence-electron chi connectivity index (χ1n) is 1.96. The zero-order valence-electron chi connectivity index (χ0n) is 4.03. The number of nitrogens with one attached hydrogen (secondary N) is 1. The Morgan fingerprint density at radius 3 is 2.44 bits per heavy atom. The smallest absolute Gasteiger partial charge is 0.161 e. The largest absolute Gasteiger partial charge is 0.485 e. The predicted octanol–water partition coefficient (Wildman–Crippen LogP) is -0.294. The van der Waals surface area contributed by atoms with Crippen LogP contribution in [-0.4, -0.2) is 18.4 Å². The first-order valence-corrected chi connectivity index (χ1v) is 1.96. The highest BCUT2D eigenvalue weighted by atomic mass is 19.4. The number of rotatable bonds is 0. The van der Waals surface area contributed by atoms with Crippen molar-refractivity contribution in [3.63, 3.8) is 0 Å². The lowest BCUT2D eigenvalue weighted by atomic mass is 10.6. The number of hydrogen-bond donors (Lipinski definition) is 1. The van der Waals surface area contributed by atoms with Gasteiger partial charge in [0.05, 0.1) is 5.10 Å². The standard InChI is InChI=1S/C3HF3N3/c4-3(5,6)2-7-1-8-9-2/h(H,8,9)/q+1. The maximum Gasteiger partial charge on any atom is 0.485 e. The molecule has 6 heteroatoms. The van der Waals surface area contributed by atoms with E-state index in [1.165, 1.54) is 0 Å². The molecular formula is C3HF3N3+. The fourth-order valence-corrected chi connectivity index (χ4v) is 0.305. The molecule has 48 valence electrons. The molecule has 0 saturated carbocycles. The molecule has 0 bridgehead atoms. The van der Waals surface area contributed by atoms with Crippen molar-refractivity contribution in [3.8, 4) is 0 Å². The van der Waals surface area contributed by atoms with Gasteiger partial charge in [0.25, 0.3) is 0 Å². The van der Waals surface area contributed by atoms with Gasteiger partial charge in [-0.3, -0.25) is 0 Å². The third-order valence-corrected chi connectivity index (χ3v) is 0.642. The highest BCUT2D eigenvalue weighted by Crippen LogP contribution is 2.14. The highest BCUT2D eigenvalue weighted by Gasteiger charge is 2.44. The van der Waals surface area contributed by atoms with Crippen molar-refractivity contribution < 1.29 is 13.2 Å². The maximum atomic E-state index is 11.5. The Hall–Kier alpha value is -1.07. The van der Waals surface area contributed by atoms with Crippen molar-refractivity contribution in [2.24, 2.45) is 5.10 Å². The maximum absolute atomic E-state index is 11.5. The summed E-state index contributed by atoms with van der Waals surface area (Å²) in [7, 11) is 0. The third-order valence-electron chi connectivity index (χ3n) is 0.642. The van der Waals surface area contributed by atoms with Gasteiger partial charge in [0.15, 0.2) is 0 Å². The van der Waals surface area contributed by atoms with Gasteiger partial charge < -0.3 is 0 Å². The van der Waals surface area contributed by atoms with E-state index in [9.17, 15) is 13.2 Å². The summed E-state index contributed by atoms with van der Waals surface area (Å²) in [5.74, 6) is -1.12. The molecule has 0 unspecified atom stereocenters. The van der Waals surface area contributed by atoms with E-state index >= 15 is 0 Å². The van der Waals surface area contributed by atoms with Crippen molar-refractivity contribution in [3.05, 3.63) is 0 Å². The zero-order valence-corrected chi connectivity index (χ0v) is 4.03. The Morgan fingerprint density at radius 2 is 2.22 bits per heavy atom. The second-order valence-corrected chi connectivity index (χ2v) is 1.28. The van der Waals surface area contributed by atoms with Gasteiger partial charge in [-0.25, -0.2) is 0 Å². The molecule has 0 aromatic heterocycles. The van der Waals surface area contributed by atoms with Gasteiger partial charge in [-0.1, -0.05) is 0 Å². The lowest BCUT2D eigenvalue weighted by Gasteiger charge is -1.95. The first-order chi connectivity index (χ1) is 4.11. The molecular weight excluding hydrogens is 135 g/mol. The van der Waals surface area contributed by atoms with Gasteiger partial charge in [-0.05, 0) is 4.99 Å². The van der Waals surface area contributed by atoms with Crippen LogP contribution in [0.25, 0.3) is 0 Å². The van der Waals surface area contributed by atoms with Crippen LogP contribution in [-0.2, 0) is 0 Å². The molecule has 1 heterocycles. The monoisotopic (exact) mass is 136 g/mol. The van der Waals surface area contributed by atoms with E-state index in [-0.39, 0.29) is 0 Å². The molecule has 0 saturated heterocycles. The Balaban J connectivity index is 2.66. The van der Waals surface area contributed by atoms with Crippen LogP contribution in [0.2, 0.25) is 0 Å². The number of aliphatic imine (C=N–C) groups is 1. The molecule has 0 aromatic rings. The number of alkyl halides is 3. The van der Waals surface area contributed by atoms with Gasteiger partial charge in [0, 0.05) is 0 Å². The fourth-order valence-electron chi connectivity index (χ4n) is 0.305. The van der Waals surface area contributed by atoms with Crippen LogP contribution < -0.4 is 10.4 Å². The Labute approximate surface area is 48.3 Å². The number of amidine groups is 1. The summed E-state index contributed by atoms with van der Waals surface area (Å²) in [4.78, 5) is 2.77. The minimum absolute atomic E-state index is 1.12. The van der Waals surface area contributed by atoms with Crippen LogP contribution in [0.3, 0.4) is 0 Å². The van der Waals surface area contributed by atoms with Crippen molar-refractivity contribution in [1.29, 1.82) is 0 Å². The van der Waals surface area contributed by atoms with Crippen LogP contribution in [0.4, 0.5) is 13.2 Å². The van der Waals surface area contributed by atoms with E-state index in [2.05, 4.69) is 10.1 Å². The summed E-state index contributed by atoms with van der Waals surface area (Å²) in [6.45, 7) is 0. The summed E-state index contributed by atoms with van der Waals surface area (Å²) >= 11 is 0. The normalized spacial score (nSPS) is 17.4. The summed E-state index contributed by atoms with van der Waals surface area (Å²) in [5.41, 5.74) is 1.64. The average Bonchev–Trinajstić information content (AvgIpc) is 2.08. The topological polar surface area (TPSA) is 38.5 Å². The number of hydrazone groups is 1. The van der Waals surface area contributed by atoms with Crippen molar-refractivity contribution in [1.82, 2.24) is 10.4 Å². The molecule has 1 rings (SSSR count). The summed E-state index contributed by atoms with van der Waals surface area (Å²) in [6.07, 6.45) is -2.68. The lowest BCUT2D eigenvalue weighted by Crippen LogP contribution is -2.34. The molecule has 0 aromatic carbocycles. The summed E-state index contributed by atoms with van der Waals surface area (Å²) < 4.78 is 34.4. The second-order valence-electron chi connectivity index (χ2n) is 1.28. The third kappa shape index (κ3) is 1.18. The molecule has 1 aliphatic heterocycles. The number of halogens is 3. The Morgan fingerprint density at radius 1 is 1.56 bits per heavy atom. The first kappa shape index (κ1) is 6.06. The fraction of sp³-hybridized carbons (Fsp3) is 0.333. The minimum atomic E-state index is -4.44. The highest BCUT2D eigenvalue weighted by molar-refractivity contribution is 5.93. The predicted molar refractivity (Wildman–Crippen MR) is 23.8 cm³/mol. The van der Waals surface area contributed by atoms with Gasteiger partial charge in [0.2, 0.25) is 0 Å². The second kappa shape index (κ2) is 1.71. The van der Waals surface area contributed by atoms with E-state index < -0.39 is 12.0 Å². The summed E-state index contributed by atoms with van der Waals surface area (Å²) in [6, 6.07) is 0. The zero-order chi connectivity index (χ0) is 6.91. The number of nitrogens with zero attached hydrogens (tertiary/aromatic N) is 2. The van der Waals surface area contributed by atoms with E-state index in [1.54, 1.807) is 11.8 Å². The molecule has 3 nitrogen and oxygen atoms in total. The molecule has 9 heavy (non-hydrogen) atoms. The number of hydrogen-bond acceptors (Lipinski definition) is 3. The molecule has 0 amide bonds. The molecule has 0 spiro atoms. The van der Waals surface area contributed by atoms with Gasteiger partial charge in [0.1, 0.15) is 0 Å². The Bertz CT molecular complexity index is 168. The van der Waals surface area contributed by atoms with Crippen LogP contribution in [0.5, 0.6) is 0 Å². The van der Waals surface area contributed by atoms with Crippen LogP contribution in [0, 0.1) is 0 Å². The summed E-state index contributed by atoms with van der Waals surface area (Å²) in [5, 5.41) is 2.91. The molecule has 1 aliphatic rings. The Kier molecular flexibility index (Phi) is 1.15. The molecule has 0 atom stereocenters. The molecule has 0 aliphatic carbocycles. The molecule has 2 radical (unpaired) electrons. The van der Waals surface area contributed by atoms with Gasteiger partial charge in [-0.2, -0.15) is 13.2 Å². The van der Waals surface area contributed by atoms with E-state index in [4.69, 9.17) is 0 Å². The van der Waals surface area contributed by atoms with E-state index in [0.29, 0.717) is 0 Å². The van der Waals surface area contributed by atoms with Crippen molar-refractivity contribution in [2.75, 3.05) is 0 Å². The van der Waals surface area contributed by atoms with Crippen LogP contribution in [0.1, 0.15) is 0 Å². The van der Waals surface area contributed by atoms with E-state index in [1.807, 2.05) is 0 Å².